The minimum absolute atomic E-state index is 0.0208. The summed E-state index contributed by atoms with van der Waals surface area (Å²) in [5.41, 5.74) is 5.39. The molecule has 5 rings (SSSR count). The van der Waals surface area contributed by atoms with E-state index in [-0.39, 0.29) is 5.41 Å². The molecule has 0 amide bonds. The zero-order chi connectivity index (χ0) is 17.3. The van der Waals surface area contributed by atoms with E-state index in [2.05, 4.69) is 106 Å². The lowest BCUT2D eigenvalue weighted by atomic mass is 9.72. The molecule has 2 heteroatoms. The van der Waals surface area contributed by atoms with Gasteiger partial charge in [-0.05, 0) is 85.6 Å². The number of fused-ring (bicyclic) bond motifs is 4. The first-order chi connectivity index (χ1) is 11.9. The number of halogens is 2. The molecule has 0 saturated heterocycles. The first kappa shape index (κ1) is 15.6. The molecule has 0 spiro atoms. The molecule has 0 aromatic heterocycles. The van der Waals surface area contributed by atoms with Crippen molar-refractivity contribution in [2.75, 3.05) is 0 Å². The topological polar surface area (TPSA) is 0 Å². The third-order valence-electron chi connectivity index (χ3n) is 5.54. The average molecular weight is 452 g/mol. The van der Waals surface area contributed by atoms with E-state index < -0.39 is 0 Å². The van der Waals surface area contributed by atoms with Crippen molar-refractivity contribution in [3.05, 3.63) is 101 Å². The third-order valence-corrected chi connectivity index (χ3v) is 6.72. The summed E-state index contributed by atoms with van der Waals surface area (Å²) >= 11 is 7.34. The van der Waals surface area contributed by atoms with Gasteiger partial charge in [-0.3, -0.25) is 0 Å². The molecule has 0 nitrogen and oxygen atoms in total. The van der Waals surface area contributed by atoms with Crippen LogP contribution in [0, 0.1) is 10.4 Å². The maximum absolute atomic E-state index is 3.70. The van der Waals surface area contributed by atoms with Crippen LogP contribution in [0.4, 0.5) is 0 Å². The second kappa shape index (κ2) is 5.18. The predicted octanol–water partition coefficient (Wildman–Crippen LogP) is 5.11. The summed E-state index contributed by atoms with van der Waals surface area (Å²) in [4.78, 5) is 0. The second-order valence-electron chi connectivity index (χ2n) is 7.37. The van der Waals surface area contributed by atoms with Crippen molar-refractivity contribution < 1.29 is 0 Å². The highest BCUT2D eigenvalue weighted by atomic mass is 79.9. The highest BCUT2D eigenvalue weighted by Gasteiger charge is 2.30. The minimum atomic E-state index is -0.0208. The van der Waals surface area contributed by atoms with Crippen LogP contribution in [-0.2, 0) is 5.41 Å². The monoisotopic (exact) mass is 450 g/mol. The molecule has 0 aliphatic heterocycles. The Labute approximate surface area is 163 Å². The Hall–Kier alpha value is -1.64. The smallest absolute Gasteiger partial charge is 0.0254 e. The lowest BCUT2D eigenvalue weighted by Gasteiger charge is -2.32. The van der Waals surface area contributed by atoms with E-state index in [0.717, 1.165) is 8.95 Å². The number of rotatable bonds is 0. The summed E-state index contributed by atoms with van der Waals surface area (Å²) in [5.74, 6) is 0. The van der Waals surface area contributed by atoms with Crippen molar-refractivity contribution in [1.29, 1.82) is 0 Å². The van der Waals surface area contributed by atoms with E-state index in [1.165, 1.54) is 43.1 Å². The van der Waals surface area contributed by atoms with E-state index in [9.17, 15) is 0 Å². The summed E-state index contributed by atoms with van der Waals surface area (Å²) in [6.07, 6.45) is 4.63. The zero-order valence-electron chi connectivity index (χ0n) is 14.0. The molecule has 0 bridgehead atoms. The van der Waals surface area contributed by atoms with Crippen molar-refractivity contribution in [3.63, 3.8) is 0 Å². The Morgan fingerprint density at radius 2 is 1.60 bits per heavy atom. The number of benzene rings is 3. The Bertz CT molecular complexity index is 1280. The molecule has 122 valence electrons. The quantitative estimate of drug-likeness (QED) is 0.348. The maximum atomic E-state index is 3.70. The standard InChI is InChI=1S/C23H16Br2/c1-23(2)20-11-16(24)7-6-13(20)8-15-9-14-10-19-17(4-3-5-22(19)25)18(14)12-21(15)23/h3-12H,1-2H3. The van der Waals surface area contributed by atoms with Gasteiger partial charge in [-0.2, -0.15) is 0 Å². The molecule has 0 saturated carbocycles. The Kier molecular flexibility index (Phi) is 3.24. The summed E-state index contributed by atoms with van der Waals surface area (Å²) < 4.78 is 2.30. The normalized spacial score (nSPS) is 15.4. The summed E-state index contributed by atoms with van der Waals surface area (Å²) in [7, 11) is 0. The largest absolute Gasteiger partial charge is 0.0605 e. The Morgan fingerprint density at radius 3 is 2.44 bits per heavy atom. The lowest BCUT2D eigenvalue weighted by molar-refractivity contribution is 0.629. The van der Waals surface area contributed by atoms with Gasteiger partial charge in [-0.25, -0.2) is 0 Å². The maximum Gasteiger partial charge on any atom is 0.0254 e. The van der Waals surface area contributed by atoms with Crippen LogP contribution >= 0.6 is 31.9 Å². The molecule has 3 aromatic carbocycles. The summed E-state index contributed by atoms with van der Waals surface area (Å²) in [6, 6.07) is 17.8. The number of hydrogen-bond donors (Lipinski definition) is 0. The Balaban J connectivity index is 1.94. The van der Waals surface area contributed by atoms with Crippen molar-refractivity contribution in [2.24, 2.45) is 0 Å². The SMILES string of the molecule is CC1(C)c2cc(Br)ccc2C=c2cc3c(cc21)=c1cccc(Br)c1=C3. The van der Waals surface area contributed by atoms with E-state index in [1.54, 1.807) is 0 Å². The van der Waals surface area contributed by atoms with Crippen molar-refractivity contribution in [3.8, 4) is 0 Å². The Morgan fingerprint density at radius 1 is 0.760 bits per heavy atom. The number of hydrogen-bond acceptors (Lipinski definition) is 0. The molecule has 0 N–H and O–H groups in total. The van der Waals surface area contributed by atoms with E-state index in [0.29, 0.717) is 0 Å². The van der Waals surface area contributed by atoms with Gasteiger partial charge in [0.05, 0.1) is 0 Å². The lowest BCUT2D eigenvalue weighted by Crippen LogP contribution is -2.31. The second-order valence-corrected chi connectivity index (χ2v) is 9.14. The molecule has 2 aliphatic rings. The van der Waals surface area contributed by atoms with Crippen molar-refractivity contribution >= 4 is 44.0 Å². The van der Waals surface area contributed by atoms with Gasteiger partial charge < -0.3 is 0 Å². The van der Waals surface area contributed by atoms with Crippen LogP contribution < -0.4 is 10.4 Å². The molecule has 0 fully saturated rings. The molecule has 0 heterocycles. The van der Waals surface area contributed by atoms with E-state index >= 15 is 0 Å². The molecular formula is C23H16Br2. The molecule has 2 aliphatic carbocycles. The van der Waals surface area contributed by atoms with Crippen LogP contribution in [0.15, 0.2) is 57.5 Å². The van der Waals surface area contributed by atoms with Gasteiger partial charge in [0.25, 0.3) is 0 Å². The molecule has 25 heavy (non-hydrogen) atoms. The predicted molar refractivity (Wildman–Crippen MR) is 111 cm³/mol. The van der Waals surface area contributed by atoms with Gasteiger partial charge in [0.15, 0.2) is 0 Å². The van der Waals surface area contributed by atoms with Crippen LogP contribution in [0.1, 0.15) is 36.1 Å². The van der Waals surface area contributed by atoms with Crippen LogP contribution in [0.25, 0.3) is 12.2 Å². The molecule has 0 radical (unpaired) electrons. The average Bonchev–Trinajstić information content (AvgIpc) is 2.94. The zero-order valence-corrected chi connectivity index (χ0v) is 17.2. The third kappa shape index (κ3) is 2.17. The van der Waals surface area contributed by atoms with Gasteiger partial charge >= 0.3 is 0 Å². The van der Waals surface area contributed by atoms with E-state index in [4.69, 9.17) is 0 Å². The highest BCUT2D eigenvalue weighted by molar-refractivity contribution is 9.10. The van der Waals surface area contributed by atoms with Gasteiger partial charge in [0.1, 0.15) is 0 Å². The minimum Gasteiger partial charge on any atom is -0.0605 e. The highest BCUT2D eigenvalue weighted by Crippen LogP contribution is 2.37. The van der Waals surface area contributed by atoms with Gasteiger partial charge in [-0.15, -0.1) is 0 Å². The van der Waals surface area contributed by atoms with Gasteiger partial charge in [-0.1, -0.05) is 63.9 Å². The van der Waals surface area contributed by atoms with Crippen LogP contribution in [-0.4, -0.2) is 0 Å². The van der Waals surface area contributed by atoms with Crippen molar-refractivity contribution in [1.82, 2.24) is 0 Å². The van der Waals surface area contributed by atoms with Crippen LogP contribution in [0.5, 0.6) is 0 Å². The molecule has 0 unspecified atom stereocenters. The molecule has 0 atom stereocenters. The fraction of sp³-hybridized carbons (Fsp3) is 0.130. The van der Waals surface area contributed by atoms with E-state index in [1.807, 2.05) is 0 Å². The summed E-state index contributed by atoms with van der Waals surface area (Å²) in [5, 5.41) is 5.29. The fourth-order valence-corrected chi connectivity index (χ4v) is 5.07. The first-order valence-electron chi connectivity index (χ1n) is 8.42. The molecule has 3 aromatic rings. The fourth-order valence-electron chi connectivity index (χ4n) is 4.23. The van der Waals surface area contributed by atoms with Crippen LogP contribution in [0.2, 0.25) is 0 Å². The van der Waals surface area contributed by atoms with Crippen molar-refractivity contribution in [2.45, 2.75) is 19.3 Å². The van der Waals surface area contributed by atoms with Crippen LogP contribution in [0.3, 0.4) is 0 Å². The summed E-state index contributed by atoms with van der Waals surface area (Å²) in [6.45, 7) is 4.66. The van der Waals surface area contributed by atoms with Gasteiger partial charge in [0.2, 0.25) is 0 Å². The first-order valence-corrected chi connectivity index (χ1v) is 10.0. The molecular weight excluding hydrogens is 436 g/mol. The van der Waals surface area contributed by atoms with Gasteiger partial charge in [0, 0.05) is 14.4 Å².